The Bertz CT molecular complexity index is 339. The van der Waals surface area contributed by atoms with E-state index in [0.29, 0.717) is 6.61 Å². The third kappa shape index (κ3) is 5.08. The quantitative estimate of drug-likeness (QED) is 0.780. The zero-order valence-corrected chi connectivity index (χ0v) is 9.68. The Morgan fingerprint density at radius 1 is 1.24 bits per heavy atom. The highest BCUT2D eigenvalue weighted by Gasteiger charge is 2.30. The summed E-state index contributed by atoms with van der Waals surface area (Å²) >= 11 is 0. The van der Waals surface area contributed by atoms with Crippen molar-refractivity contribution in [2.45, 2.75) is 19.0 Å². The third-order valence-corrected chi connectivity index (χ3v) is 2.25. The van der Waals surface area contributed by atoms with Crippen LogP contribution in [-0.4, -0.2) is 20.2 Å². The molecule has 0 unspecified atom stereocenters. The zero-order valence-electron chi connectivity index (χ0n) is 9.68. The maximum absolute atomic E-state index is 12.4. The van der Waals surface area contributed by atoms with Gasteiger partial charge in [-0.05, 0) is 44.6 Å². The van der Waals surface area contributed by atoms with E-state index in [1.807, 2.05) is 7.05 Å². The van der Waals surface area contributed by atoms with Crippen LogP contribution in [0.3, 0.4) is 0 Å². The molecule has 96 valence electrons. The Balaban J connectivity index is 2.44. The topological polar surface area (TPSA) is 21.3 Å². The highest BCUT2D eigenvalue weighted by atomic mass is 19.4. The predicted octanol–water partition coefficient (Wildman–Crippen LogP) is 3.08. The largest absolute Gasteiger partial charge is 0.494 e. The molecule has 0 aromatic heterocycles. The summed E-state index contributed by atoms with van der Waals surface area (Å²) in [6.07, 6.45) is -2.56. The molecule has 0 saturated heterocycles. The number of halogens is 3. The summed E-state index contributed by atoms with van der Waals surface area (Å²) in [5, 5.41) is 2.99. The first-order chi connectivity index (χ1) is 8.04. The van der Waals surface area contributed by atoms with E-state index >= 15 is 0 Å². The molecule has 1 aromatic rings. The summed E-state index contributed by atoms with van der Waals surface area (Å²) in [5.41, 5.74) is -0.676. The van der Waals surface area contributed by atoms with Crippen LogP contribution in [0.5, 0.6) is 5.75 Å². The minimum absolute atomic E-state index is 0.268. The average molecular weight is 247 g/mol. The second kappa shape index (κ2) is 6.49. The normalized spacial score (nSPS) is 11.5. The number of ether oxygens (including phenoxy) is 1. The average Bonchev–Trinajstić information content (AvgIpc) is 2.28. The van der Waals surface area contributed by atoms with Gasteiger partial charge in [0.2, 0.25) is 0 Å². The molecule has 1 rings (SSSR count). The highest BCUT2D eigenvalue weighted by molar-refractivity contribution is 5.30. The lowest BCUT2D eigenvalue weighted by Gasteiger charge is -2.10. The maximum atomic E-state index is 12.4. The molecule has 0 spiro atoms. The van der Waals surface area contributed by atoms with Crippen LogP contribution in [0.15, 0.2) is 24.3 Å². The van der Waals surface area contributed by atoms with E-state index in [9.17, 15) is 13.2 Å². The molecule has 0 fully saturated rings. The van der Waals surface area contributed by atoms with Gasteiger partial charge < -0.3 is 10.1 Å². The van der Waals surface area contributed by atoms with Crippen LogP contribution in [0.2, 0.25) is 0 Å². The Morgan fingerprint density at radius 2 is 2.00 bits per heavy atom. The first-order valence-corrected chi connectivity index (χ1v) is 5.48. The smallest absolute Gasteiger partial charge is 0.416 e. The van der Waals surface area contributed by atoms with Gasteiger partial charge in [0.1, 0.15) is 5.75 Å². The van der Waals surface area contributed by atoms with Crippen molar-refractivity contribution >= 4 is 0 Å². The van der Waals surface area contributed by atoms with Crippen molar-refractivity contribution in [3.8, 4) is 5.75 Å². The van der Waals surface area contributed by atoms with Crippen LogP contribution in [0, 0.1) is 0 Å². The zero-order chi connectivity index (χ0) is 12.7. The molecule has 0 radical (unpaired) electrons. The molecule has 1 aromatic carbocycles. The molecule has 5 heteroatoms. The van der Waals surface area contributed by atoms with Crippen molar-refractivity contribution < 1.29 is 17.9 Å². The van der Waals surface area contributed by atoms with Crippen LogP contribution in [0.25, 0.3) is 0 Å². The molecule has 1 N–H and O–H groups in total. The van der Waals surface area contributed by atoms with Gasteiger partial charge in [-0.25, -0.2) is 0 Å². The highest BCUT2D eigenvalue weighted by Crippen LogP contribution is 2.31. The van der Waals surface area contributed by atoms with E-state index in [2.05, 4.69) is 5.32 Å². The minimum Gasteiger partial charge on any atom is -0.494 e. The lowest BCUT2D eigenvalue weighted by molar-refractivity contribution is -0.137. The number of hydrogen-bond donors (Lipinski definition) is 1. The van der Waals surface area contributed by atoms with Crippen molar-refractivity contribution in [1.82, 2.24) is 5.32 Å². The predicted molar refractivity (Wildman–Crippen MR) is 60.1 cm³/mol. The van der Waals surface area contributed by atoms with Gasteiger partial charge in [-0.3, -0.25) is 0 Å². The van der Waals surface area contributed by atoms with E-state index in [-0.39, 0.29) is 5.75 Å². The standard InChI is InChI=1S/C12H16F3NO/c1-16-7-2-3-8-17-11-6-4-5-10(9-11)12(13,14)15/h4-6,9,16H,2-3,7-8H2,1H3. The Kier molecular flexibility index (Phi) is 5.28. The molecule has 0 heterocycles. The molecule has 0 atom stereocenters. The molecule has 0 aliphatic heterocycles. The van der Waals surface area contributed by atoms with Crippen molar-refractivity contribution in [2.24, 2.45) is 0 Å². The molecule has 17 heavy (non-hydrogen) atoms. The number of benzene rings is 1. The fourth-order valence-corrected chi connectivity index (χ4v) is 1.36. The molecule has 0 aliphatic rings. The van der Waals surface area contributed by atoms with Crippen LogP contribution < -0.4 is 10.1 Å². The summed E-state index contributed by atoms with van der Waals surface area (Å²) in [4.78, 5) is 0. The van der Waals surface area contributed by atoms with Crippen LogP contribution >= 0.6 is 0 Å². The van der Waals surface area contributed by atoms with Crippen molar-refractivity contribution in [3.05, 3.63) is 29.8 Å². The molecular formula is C12H16F3NO. The van der Waals surface area contributed by atoms with E-state index in [4.69, 9.17) is 4.74 Å². The molecule has 0 bridgehead atoms. The third-order valence-electron chi connectivity index (χ3n) is 2.25. The summed E-state index contributed by atoms with van der Waals surface area (Å²) < 4.78 is 42.4. The van der Waals surface area contributed by atoms with Gasteiger partial charge in [0.25, 0.3) is 0 Å². The lowest BCUT2D eigenvalue weighted by atomic mass is 10.2. The second-order valence-electron chi connectivity index (χ2n) is 3.68. The Morgan fingerprint density at radius 3 is 2.65 bits per heavy atom. The SMILES string of the molecule is CNCCCCOc1cccc(C(F)(F)F)c1. The Hall–Kier alpha value is -1.23. The van der Waals surface area contributed by atoms with E-state index < -0.39 is 11.7 Å². The second-order valence-corrected chi connectivity index (χ2v) is 3.68. The molecule has 0 aliphatic carbocycles. The molecule has 0 saturated carbocycles. The number of hydrogen-bond acceptors (Lipinski definition) is 2. The number of alkyl halides is 3. The van der Waals surface area contributed by atoms with Crippen molar-refractivity contribution in [2.75, 3.05) is 20.2 Å². The minimum atomic E-state index is -4.31. The van der Waals surface area contributed by atoms with Crippen LogP contribution in [0.4, 0.5) is 13.2 Å². The first-order valence-electron chi connectivity index (χ1n) is 5.48. The summed E-state index contributed by atoms with van der Waals surface area (Å²) in [5.74, 6) is 0.268. The van der Waals surface area contributed by atoms with Crippen LogP contribution in [0.1, 0.15) is 18.4 Å². The van der Waals surface area contributed by atoms with Gasteiger partial charge in [0.15, 0.2) is 0 Å². The Labute approximate surface area is 98.8 Å². The van der Waals surface area contributed by atoms with Gasteiger partial charge in [-0.15, -0.1) is 0 Å². The maximum Gasteiger partial charge on any atom is 0.416 e. The van der Waals surface area contributed by atoms with Crippen LogP contribution in [-0.2, 0) is 6.18 Å². The van der Waals surface area contributed by atoms with Gasteiger partial charge in [-0.1, -0.05) is 6.07 Å². The summed E-state index contributed by atoms with van der Waals surface area (Å²) in [6, 6.07) is 4.95. The molecule has 2 nitrogen and oxygen atoms in total. The molecule has 0 amide bonds. The number of nitrogens with one attached hydrogen (secondary N) is 1. The summed E-state index contributed by atoms with van der Waals surface area (Å²) in [7, 11) is 1.85. The van der Waals surface area contributed by atoms with E-state index in [1.54, 1.807) is 0 Å². The van der Waals surface area contributed by atoms with Gasteiger partial charge >= 0.3 is 6.18 Å². The van der Waals surface area contributed by atoms with Crippen molar-refractivity contribution in [1.29, 1.82) is 0 Å². The van der Waals surface area contributed by atoms with Gasteiger partial charge in [-0.2, -0.15) is 13.2 Å². The van der Waals surface area contributed by atoms with Gasteiger partial charge in [0, 0.05) is 0 Å². The van der Waals surface area contributed by atoms with E-state index in [0.717, 1.165) is 31.5 Å². The van der Waals surface area contributed by atoms with E-state index in [1.165, 1.54) is 12.1 Å². The number of rotatable bonds is 6. The molecular weight excluding hydrogens is 231 g/mol. The summed E-state index contributed by atoms with van der Waals surface area (Å²) in [6.45, 7) is 1.31. The van der Waals surface area contributed by atoms with Crippen molar-refractivity contribution in [3.63, 3.8) is 0 Å². The fraction of sp³-hybridized carbons (Fsp3) is 0.500. The van der Waals surface area contributed by atoms with Gasteiger partial charge in [0.05, 0.1) is 12.2 Å². The fourth-order valence-electron chi connectivity index (χ4n) is 1.36. The number of unbranched alkanes of at least 4 members (excludes halogenated alkanes) is 1. The lowest BCUT2D eigenvalue weighted by Crippen LogP contribution is -2.09. The first kappa shape index (κ1) is 13.8. The monoisotopic (exact) mass is 247 g/mol.